The predicted octanol–water partition coefficient (Wildman–Crippen LogP) is 3.65. The smallest absolute Gasteiger partial charge is 0.239 e. The first-order valence-electron chi connectivity index (χ1n) is 8.91. The molecule has 0 aliphatic carbocycles. The summed E-state index contributed by atoms with van der Waals surface area (Å²) in [5.74, 6) is -2.60. The molecule has 3 aromatic carbocycles. The summed E-state index contributed by atoms with van der Waals surface area (Å²) < 4.78 is 26.3. The summed E-state index contributed by atoms with van der Waals surface area (Å²) >= 11 is 0. The maximum Gasteiger partial charge on any atom is 0.239 e. The third-order valence-electron chi connectivity index (χ3n) is 4.50. The van der Waals surface area contributed by atoms with Gasteiger partial charge in [-0.3, -0.25) is 9.59 Å². The van der Waals surface area contributed by atoms with Gasteiger partial charge in [0.1, 0.15) is 0 Å². The summed E-state index contributed by atoms with van der Waals surface area (Å²) in [7, 11) is 0. The fourth-order valence-corrected chi connectivity index (χ4v) is 3.02. The molecule has 1 unspecified atom stereocenters. The van der Waals surface area contributed by atoms with E-state index in [0.29, 0.717) is 5.56 Å². The summed E-state index contributed by atoms with van der Waals surface area (Å²) in [5, 5.41) is 7.28. The number of hydrogen-bond donors (Lipinski definition) is 2. The molecule has 0 radical (unpaired) electrons. The zero-order valence-electron chi connectivity index (χ0n) is 15.3. The lowest BCUT2D eigenvalue weighted by Gasteiger charge is -2.15. The van der Waals surface area contributed by atoms with Crippen LogP contribution in [0.25, 0.3) is 10.8 Å². The number of carbonyl (C=O) groups excluding carboxylic acids is 2. The number of rotatable bonds is 6. The second kappa shape index (κ2) is 8.61. The monoisotopic (exact) mass is 382 g/mol. The average Bonchev–Trinajstić information content (AvgIpc) is 2.69. The van der Waals surface area contributed by atoms with Crippen LogP contribution >= 0.6 is 0 Å². The van der Waals surface area contributed by atoms with Gasteiger partial charge in [-0.2, -0.15) is 0 Å². The lowest BCUT2D eigenvalue weighted by atomic mass is 10.0. The molecule has 28 heavy (non-hydrogen) atoms. The van der Waals surface area contributed by atoms with Crippen LogP contribution in [0.4, 0.5) is 8.78 Å². The number of hydrogen-bond acceptors (Lipinski definition) is 2. The Hall–Kier alpha value is -3.28. The van der Waals surface area contributed by atoms with Gasteiger partial charge in [0.15, 0.2) is 11.6 Å². The summed E-state index contributed by atoms with van der Waals surface area (Å²) in [6.45, 7) is 1.46. The van der Waals surface area contributed by atoms with E-state index in [-0.39, 0.29) is 18.9 Å². The van der Waals surface area contributed by atoms with E-state index in [4.69, 9.17) is 0 Å². The normalized spacial score (nSPS) is 11.8. The summed E-state index contributed by atoms with van der Waals surface area (Å²) in [6, 6.07) is 16.5. The van der Waals surface area contributed by atoms with E-state index in [1.807, 2.05) is 42.5 Å². The highest BCUT2D eigenvalue weighted by atomic mass is 19.2. The van der Waals surface area contributed by atoms with Crippen LogP contribution in [0.3, 0.4) is 0 Å². The lowest BCUT2D eigenvalue weighted by molar-refractivity contribution is -0.126. The van der Waals surface area contributed by atoms with Crippen molar-refractivity contribution < 1.29 is 18.4 Å². The molecule has 0 saturated carbocycles. The highest BCUT2D eigenvalue weighted by Crippen LogP contribution is 2.19. The molecule has 0 aliphatic rings. The molecule has 2 amide bonds. The average molecular weight is 382 g/mol. The fourth-order valence-electron chi connectivity index (χ4n) is 3.02. The first kappa shape index (κ1) is 19.5. The third kappa shape index (κ3) is 4.71. The van der Waals surface area contributed by atoms with Crippen LogP contribution in [0, 0.1) is 11.6 Å². The topological polar surface area (TPSA) is 58.2 Å². The van der Waals surface area contributed by atoms with Crippen molar-refractivity contribution in [2.24, 2.45) is 0 Å². The molecule has 0 spiro atoms. The van der Waals surface area contributed by atoms with E-state index >= 15 is 0 Å². The first-order valence-corrected chi connectivity index (χ1v) is 8.91. The van der Waals surface area contributed by atoms with Gasteiger partial charge in [-0.25, -0.2) is 8.78 Å². The van der Waals surface area contributed by atoms with Crippen molar-refractivity contribution in [3.05, 3.63) is 83.4 Å². The third-order valence-corrected chi connectivity index (χ3v) is 4.50. The van der Waals surface area contributed by atoms with Crippen LogP contribution in [0.1, 0.15) is 24.1 Å². The van der Waals surface area contributed by atoms with Crippen molar-refractivity contribution in [2.45, 2.75) is 19.4 Å². The van der Waals surface area contributed by atoms with Crippen molar-refractivity contribution in [2.75, 3.05) is 6.54 Å². The van der Waals surface area contributed by atoms with Gasteiger partial charge in [-0.15, -0.1) is 0 Å². The molecule has 0 bridgehead atoms. The molecule has 0 saturated heterocycles. The van der Waals surface area contributed by atoms with Gasteiger partial charge in [0.05, 0.1) is 19.0 Å². The highest BCUT2D eigenvalue weighted by Gasteiger charge is 2.13. The minimum atomic E-state index is -0.970. The molecule has 0 aromatic heterocycles. The van der Waals surface area contributed by atoms with Crippen molar-refractivity contribution in [3.8, 4) is 0 Å². The number of nitrogens with one attached hydrogen (secondary N) is 2. The maximum atomic E-state index is 13.3. The number of carbonyl (C=O) groups is 2. The van der Waals surface area contributed by atoms with Crippen LogP contribution in [0.2, 0.25) is 0 Å². The Morgan fingerprint density at radius 2 is 1.68 bits per heavy atom. The minimum Gasteiger partial charge on any atom is -0.348 e. The molecule has 144 valence electrons. The van der Waals surface area contributed by atoms with Crippen molar-refractivity contribution in [1.29, 1.82) is 0 Å². The summed E-state index contributed by atoms with van der Waals surface area (Å²) in [6.07, 6.45) is 0.160. The molecule has 3 rings (SSSR count). The quantitative estimate of drug-likeness (QED) is 0.684. The maximum absolute atomic E-state index is 13.3. The van der Waals surface area contributed by atoms with Gasteiger partial charge in [-0.1, -0.05) is 48.5 Å². The Morgan fingerprint density at radius 3 is 2.46 bits per heavy atom. The lowest BCUT2D eigenvalue weighted by Crippen LogP contribution is -2.38. The Morgan fingerprint density at radius 1 is 0.929 bits per heavy atom. The molecule has 3 aromatic rings. The van der Waals surface area contributed by atoms with E-state index in [2.05, 4.69) is 10.6 Å². The van der Waals surface area contributed by atoms with Crippen LogP contribution in [-0.4, -0.2) is 18.4 Å². The van der Waals surface area contributed by atoms with Crippen LogP contribution < -0.4 is 10.6 Å². The SMILES string of the molecule is CC(NC(=O)CNC(=O)Cc1cccc2ccccc12)c1ccc(F)c(F)c1. The first-order chi connectivity index (χ1) is 13.4. The predicted molar refractivity (Wildman–Crippen MR) is 104 cm³/mol. The summed E-state index contributed by atoms with van der Waals surface area (Å²) in [5.41, 5.74) is 1.32. The van der Waals surface area contributed by atoms with Crippen LogP contribution in [0.15, 0.2) is 60.7 Å². The molecule has 1 atom stereocenters. The largest absolute Gasteiger partial charge is 0.348 e. The van der Waals surface area contributed by atoms with Gasteiger partial charge in [-0.05, 0) is 41.0 Å². The van der Waals surface area contributed by atoms with E-state index in [1.54, 1.807) is 6.92 Å². The second-order valence-electron chi connectivity index (χ2n) is 6.55. The molecule has 0 aliphatic heterocycles. The molecule has 0 heterocycles. The van der Waals surface area contributed by atoms with Gasteiger partial charge < -0.3 is 10.6 Å². The molecular formula is C22H20F2N2O2. The molecule has 0 fully saturated rings. The highest BCUT2D eigenvalue weighted by molar-refractivity contribution is 5.91. The molecular weight excluding hydrogens is 362 g/mol. The van der Waals surface area contributed by atoms with Crippen molar-refractivity contribution in [3.63, 3.8) is 0 Å². The number of amides is 2. The van der Waals surface area contributed by atoms with Gasteiger partial charge in [0.2, 0.25) is 11.8 Å². The summed E-state index contributed by atoms with van der Waals surface area (Å²) in [4.78, 5) is 24.3. The van der Waals surface area contributed by atoms with Crippen LogP contribution in [-0.2, 0) is 16.0 Å². The standard InChI is InChI=1S/C22H20F2N2O2/c1-14(16-9-10-19(23)20(24)11-16)26-22(28)13-25-21(27)12-17-7-4-6-15-5-2-3-8-18(15)17/h2-11,14H,12-13H2,1H3,(H,25,27)(H,26,28). The molecule has 2 N–H and O–H groups in total. The molecule has 6 heteroatoms. The van der Waals surface area contributed by atoms with Gasteiger partial charge in [0.25, 0.3) is 0 Å². The van der Waals surface area contributed by atoms with Gasteiger partial charge in [0, 0.05) is 0 Å². The number of benzene rings is 3. The number of fused-ring (bicyclic) bond motifs is 1. The molecule has 4 nitrogen and oxygen atoms in total. The van der Waals surface area contributed by atoms with Crippen LogP contribution in [0.5, 0.6) is 0 Å². The van der Waals surface area contributed by atoms with Crippen molar-refractivity contribution >= 4 is 22.6 Å². The Bertz CT molecular complexity index is 1020. The zero-order valence-corrected chi connectivity index (χ0v) is 15.3. The van der Waals surface area contributed by atoms with Crippen molar-refractivity contribution in [1.82, 2.24) is 10.6 Å². The zero-order chi connectivity index (χ0) is 20.1. The number of halogens is 2. The fraction of sp³-hybridized carbons (Fsp3) is 0.182. The second-order valence-corrected chi connectivity index (χ2v) is 6.55. The Labute approximate surface area is 161 Å². The van der Waals surface area contributed by atoms with E-state index in [0.717, 1.165) is 28.5 Å². The van der Waals surface area contributed by atoms with Gasteiger partial charge >= 0.3 is 0 Å². The van der Waals surface area contributed by atoms with E-state index in [1.165, 1.54) is 6.07 Å². The van der Waals surface area contributed by atoms with E-state index in [9.17, 15) is 18.4 Å². The minimum absolute atomic E-state index is 0.160. The van der Waals surface area contributed by atoms with E-state index < -0.39 is 23.6 Å². The Kier molecular flexibility index (Phi) is 5.99. The Balaban J connectivity index is 1.53.